The highest BCUT2D eigenvalue weighted by Gasteiger charge is 2.54. The molecule has 7 nitrogen and oxygen atoms in total. The normalized spacial score (nSPS) is 26.7. The molecule has 128 valence electrons. The highest BCUT2D eigenvalue weighted by molar-refractivity contribution is 7.91. The number of nitrogens with zero attached hydrogens (tertiary/aromatic N) is 2. The molecule has 0 bridgehead atoms. The molecule has 23 heavy (non-hydrogen) atoms. The molecule has 1 aromatic rings. The SMILES string of the molecule is CN(CC(=O)N1CC2(C1)CC(C)(O)CO2)S(=O)(=O)c1cccs1. The minimum absolute atomic E-state index is 0.202. The lowest BCUT2D eigenvalue weighted by Gasteiger charge is -2.47. The van der Waals surface area contributed by atoms with Gasteiger partial charge in [-0.25, -0.2) is 8.42 Å². The first kappa shape index (κ1) is 16.8. The molecular formula is C14H20N2O5S2. The zero-order valence-corrected chi connectivity index (χ0v) is 14.7. The van der Waals surface area contributed by atoms with E-state index in [-0.39, 0.29) is 23.3 Å². The van der Waals surface area contributed by atoms with Gasteiger partial charge in [0.25, 0.3) is 10.0 Å². The van der Waals surface area contributed by atoms with Gasteiger partial charge >= 0.3 is 0 Å². The van der Waals surface area contributed by atoms with Crippen LogP contribution in [-0.4, -0.2) is 73.1 Å². The lowest BCUT2D eigenvalue weighted by Crippen LogP contribution is -2.64. The first-order valence-electron chi connectivity index (χ1n) is 7.28. The van der Waals surface area contributed by atoms with Gasteiger partial charge in [-0.2, -0.15) is 4.31 Å². The second-order valence-electron chi connectivity index (χ2n) is 6.59. The van der Waals surface area contributed by atoms with Gasteiger partial charge in [-0.3, -0.25) is 4.79 Å². The topological polar surface area (TPSA) is 87.2 Å². The number of likely N-dealkylation sites (tertiary alicyclic amines) is 1. The molecule has 2 aliphatic rings. The maximum atomic E-state index is 12.3. The third kappa shape index (κ3) is 3.16. The van der Waals surface area contributed by atoms with Crippen LogP contribution in [0.25, 0.3) is 0 Å². The highest BCUT2D eigenvalue weighted by atomic mass is 32.2. The van der Waals surface area contributed by atoms with E-state index in [9.17, 15) is 18.3 Å². The van der Waals surface area contributed by atoms with Crippen molar-refractivity contribution in [2.75, 3.05) is 33.3 Å². The number of hydrogen-bond donors (Lipinski definition) is 1. The molecule has 2 saturated heterocycles. The summed E-state index contributed by atoms with van der Waals surface area (Å²) in [5, 5.41) is 11.6. The van der Waals surface area contributed by atoms with E-state index in [0.717, 1.165) is 15.6 Å². The Morgan fingerprint density at radius 1 is 1.52 bits per heavy atom. The summed E-state index contributed by atoms with van der Waals surface area (Å²) in [5.41, 5.74) is -1.32. The molecule has 1 aromatic heterocycles. The van der Waals surface area contributed by atoms with Crippen molar-refractivity contribution in [3.05, 3.63) is 17.5 Å². The molecule has 1 atom stereocenters. The largest absolute Gasteiger partial charge is 0.388 e. The molecule has 0 aliphatic carbocycles. The lowest BCUT2D eigenvalue weighted by atomic mass is 9.86. The van der Waals surface area contributed by atoms with E-state index in [1.54, 1.807) is 23.3 Å². The Balaban J connectivity index is 1.57. The molecule has 3 heterocycles. The van der Waals surface area contributed by atoms with Gasteiger partial charge in [-0.05, 0) is 18.4 Å². The number of carbonyl (C=O) groups is 1. The smallest absolute Gasteiger partial charge is 0.252 e. The highest BCUT2D eigenvalue weighted by Crippen LogP contribution is 2.39. The van der Waals surface area contributed by atoms with E-state index in [2.05, 4.69) is 0 Å². The van der Waals surface area contributed by atoms with E-state index < -0.39 is 21.2 Å². The summed E-state index contributed by atoms with van der Waals surface area (Å²) in [6.07, 6.45) is 0.493. The van der Waals surface area contributed by atoms with Crippen molar-refractivity contribution in [1.29, 1.82) is 0 Å². The van der Waals surface area contributed by atoms with Crippen LogP contribution in [0.4, 0.5) is 0 Å². The Hall–Kier alpha value is -1.00. The molecule has 3 rings (SSSR count). The molecule has 1 unspecified atom stereocenters. The average Bonchev–Trinajstić information content (AvgIpc) is 3.04. The monoisotopic (exact) mass is 360 g/mol. The minimum Gasteiger partial charge on any atom is -0.388 e. The van der Waals surface area contributed by atoms with Crippen LogP contribution in [-0.2, 0) is 19.6 Å². The van der Waals surface area contributed by atoms with Crippen molar-refractivity contribution in [3.8, 4) is 0 Å². The molecule has 2 aliphatic heterocycles. The van der Waals surface area contributed by atoms with Crippen molar-refractivity contribution in [1.82, 2.24) is 9.21 Å². The van der Waals surface area contributed by atoms with Crippen LogP contribution in [0, 0.1) is 0 Å². The predicted octanol–water partition coefficient (Wildman–Crippen LogP) is 0.121. The van der Waals surface area contributed by atoms with Crippen molar-refractivity contribution < 1.29 is 23.1 Å². The van der Waals surface area contributed by atoms with Crippen LogP contribution in [0.5, 0.6) is 0 Å². The quantitative estimate of drug-likeness (QED) is 0.824. The molecule has 9 heteroatoms. The van der Waals surface area contributed by atoms with E-state index in [1.807, 2.05) is 0 Å². The summed E-state index contributed by atoms with van der Waals surface area (Å²) in [7, 11) is -2.22. The number of likely N-dealkylation sites (N-methyl/N-ethyl adjacent to an activating group) is 1. The van der Waals surface area contributed by atoms with E-state index >= 15 is 0 Å². The first-order chi connectivity index (χ1) is 10.6. The number of sulfonamides is 1. The van der Waals surface area contributed by atoms with E-state index in [0.29, 0.717) is 19.5 Å². The minimum atomic E-state index is -3.62. The Morgan fingerprint density at radius 3 is 2.74 bits per heavy atom. The Labute approximate surface area is 139 Å². The maximum absolute atomic E-state index is 12.3. The fraction of sp³-hybridized carbons (Fsp3) is 0.643. The molecule has 0 aromatic carbocycles. The van der Waals surface area contributed by atoms with E-state index in [4.69, 9.17) is 4.74 Å². The summed E-state index contributed by atoms with van der Waals surface area (Å²) < 4.78 is 31.5. The predicted molar refractivity (Wildman–Crippen MR) is 84.6 cm³/mol. The van der Waals surface area contributed by atoms with Gasteiger partial charge in [0.15, 0.2) is 0 Å². The van der Waals surface area contributed by atoms with Crippen LogP contribution >= 0.6 is 11.3 Å². The Morgan fingerprint density at radius 2 is 2.22 bits per heavy atom. The molecule has 1 amide bonds. The van der Waals surface area contributed by atoms with Crippen molar-refractivity contribution in [2.45, 2.75) is 28.8 Å². The van der Waals surface area contributed by atoms with Gasteiger partial charge in [-0.1, -0.05) is 6.07 Å². The van der Waals surface area contributed by atoms with Crippen molar-refractivity contribution in [2.24, 2.45) is 0 Å². The number of ether oxygens (including phenoxy) is 1. The molecule has 1 spiro atoms. The summed E-state index contributed by atoms with van der Waals surface area (Å²) in [6, 6.07) is 3.18. The molecule has 2 fully saturated rings. The van der Waals surface area contributed by atoms with Crippen LogP contribution in [0.3, 0.4) is 0 Å². The fourth-order valence-corrected chi connectivity index (χ4v) is 5.39. The molecular weight excluding hydrogens is 340 g/mol. The first-order valence-corrected chi connectivity index (χ1v) is 9.60. The van der Waals surface area contributed by atoms with Crippen molar-refractivity contribution in [3.63, 3.8) is 0 Å². The third-order valence-corrected chi connectivity index (χ3v) is 7.40. The lowest BCUT2D eigenvalue weighted by molar-refractivity contribution is -0.157. The molecule has 0 saturated carbocycles. The summed E-state index contributed by atoms with van der Waals surface area (Å²) in [4.78, 5) is 13.8. The molecule has 0 radical (unpaired) electrons. The van der Waals surface area contributed by atoms with Gasteiger partial charge in [-0.15, -0.1) is 11.3 Å². The average molecular weight is 360 g/mol. The molecule has 1 N–H and O–H groups in total. The zero-order chi connectivity index (χ0) is 16.9. The number of hydrogen-bond acceptors (Lipinski definition) is 6. The van der Waals surface area contributed by atoms with Crippen LogP contribution in [0.1, 0.15) is 13.3 Å². The van der Waals surface area contributed by atoms with Crippen molar-refractivity contribution >= 4 is 27.3 Å². The standard InChI is InChI=1S/C14H20N2O5S2/c1-13(18)7-14(21-10-13)8-16(9-14)11(17)6-15(2)23(19,20)12-4-3-5-22-12/h3-5,18H,6-10H2,1-2H3. The number of amides is 1. The van der Waals surface area contributed by atoms with Gasteiger partial charge in [0.2, 0.25) is 5.91 Å². The number of rotatable bonds is 4. The summed E-state index contributed by atoms with van der Waals surface area (Å²) in [6.45, 7) is 2.58. The van der Waals surface area contributed by atoms with Gasteiger partial charge in [0.05, 0.1) is 31.8 Å². The Bertz CT molecular complexity index is 693. The fourth-order valence-electron chi connectivity index (χ4n) is 3.07. The number of thiophene rings is 1. The van der Waals surface area contributed by atoms with Gasteiger partial charge < -0.3 is 14.7 Å². The number of carbonyl (C=O) groups excluding carboxylic acids is 1. The summed E-state index contributed by atoms with van der Waals surface area (Å²) in [5.74, 6) is -0.256. The second-order valence-corrected chi connectivity index (χ2v) is 9.81. The van der Waals surface area contributed by atoms with Crippen LogP contribution in [0.15, 0.2) is 21.7 Å². The van der Waals surface area contributed by atoms with Gasteiger partial charge in [0, 0.05) is 13.5 Å². The number of aliphatic hydroxyl groups is 1. The zero-order valence-electron chi connectivity index (χ0n) is 13.1. The second kappa shape index (κ2) is 5.52. The summed E-state index contributed by atoms with van der Waals surface area (Å²) >= 11 is 1.13. The van der Waals surface area contributed by atoms with Gasteiger partial charge in [0.1, 0.15) is 9.81 Å². The third-order valence-electron chi connectivity index (χ3n) is 4.22. The van der Waals surface area contributed by atoms with Crippen LogP contribution in [0.2, 0.25) is 0 Å². The van der Waals surface area contributed by atoms with Crippen LogP contribution < -0.4 is 0 Å². The maximum Gasteiger partial charge on any atom is 0.252 e. The Kier molecular flexibility index (Phi) is 4.04. The van der Waals surface area contributed by atoms with E-state index in [1.165, 1.54) is 13.1 Å².